The molecule has 86 valence electrons. The Morgan fingerprint density at radius 3 is 2.94 bits per heavy atom. The number of carboxylic acid groups (broad SMARTS) is 1. The lowest BCUT2D eigenvalue weighted by molar-refractivity contribution is 0.0695. The lowest BCUT2D eigenvalue weighted by atomic mass is 10.2. The van der Waals surface area contributed by atoms with Gasteiger partial charge in [0.05, 0.1) is 11.9 Å². The monoisotopic (exact) mass is 221 g/mol. The van der Waals surface area contributed by atoms with E-state index in [0.717, 1.165) is 18.5 Å². The molecule has 16 heavy (non-hydrogen) atoms. The quantitative estimate of drug-likeness (QED) is 0.742. The number of rotatable bonds is 4. The van der Waals surface area contributed by atoms with Crippen LogP contribution in [-0.2, 0) is 13.6 Å². The van der Waals surface area contributed by atoms with Crippen LogP contribution in [0.25, 0.3) is 0 Å². The molecule has 5 nitrogen and oxygen atoms in total. The van der Waals surface area contributed by atoms with Gasteiger partial charge in [0, 0.05) is 19.6 Å². The van der Waals surface area contributed by atoms with E-state index in [4.69, 9.17) is 5.11 Å². The van der Waals surface area contributed by atoms with Gasteiger partial charge in [0.25, 0.3) is 0 Å². The van der Waals surface area contributed by atoms with E-state index in [2.05, 4.69) is 22.6 Å². The van der Waals surface area contributed by atoms with Crippen LogP contribution in [0.3, 0.4) is 0 Å². The summed E-state index contributed by atoms with van der Waals surface area (Å²) in [7, 11) is 1.76. The Labute approximate surface area is 93.8 Å². The molecule has 1 aliphatic rings. The van der Waals surface area contributed by atoms with Crippen molar-refractivity contribution in [2.45, 2.75) is 25.4 Å². The van der Waals surface area contributed by atoms with Gasteiger partial charge in [-0.15, -0.1) is 0 Å². The topological polar surface area (TPSA) is 67.2 Å². The van der Waals surface area contributed by atoms with Crippen LogP contribution in [0.2, 0.25) is 0 Å². The summed E-state index contributed by atoms with van der Waals surface area (Å²) < 4.78 is 1.61. The second kappa shape index (κ2) is 4.49. The summed E-state index contributed by atoms with van der Waals surface area (Å²) in [6.07, 6.45) is 7.70. The summed E-state index contributed by atoms with van der Waals surface area (Å²) in [5.74, 6) is -0.922. The Kier molecular flexibility index (Phi) is 3.05. The first-order valence-electron chi connectivity index (χ1n) is 5.31. The number of carbonyl (C=O) groups is 1. The summed E-state index contributed by atoms with van der Waals surface area (Å²) in [4.78, 5) is 10.9. The number of nitrogens with zero attached hydrogens (tertiary/aromatic N) is 2. The molecule has 1 aliphatic carbocycles. The van der Waals surface area contributed by atoms with E-state index in [1.807, 2.05) is 0 Å². The van der Waals surface area contributed by atoms with Gasteiger partial charge in [-0.25, -0.2) is 4.79 Å². The molecule has 0 amide bonds. The van der Waals surface area contributed by atoms with Crippen molar-refractivity contribution in [2.24, 2.45) is 7.05 Å². The van der Waals surface area contributed by atoms with Crippen molar-refractivity contribution in [3.8, 4) is 0 Å². The van der Waals surface area contributed by atoms with E-state index in [9.17, 15) is 4.79 Å². The van der Waals surface area contributed by atoms with Crippen molar-refractivity contribution in [3.63, 3.8) is 0 Å². The standard InChI is InChI=1S/C11H15N3O2/c1-14-10(9(6-13-14)11(15)16)7-12-8-4-2-3-5-8/h2-3,6,8,12H,4-5,7H2,1H3,(H,15,16). The minimum atomic E-state index is -0.922. The third-order valence-corrected chi connectivity index (χ3v) is 2.86. The van der Waals surface area contributed by atoms with E-state index in [0.29, 0.717) is 12.6 Å². The van der Waals surface area contributed by atoms with E-state index < -0.39 is 5.97 Å². The number of carboxylic acids is 1. The van der Waals surface area contributed by atoms with Gasteiger partial charge in [-0.2, -0.15) is 5.10 Å². The Balaban J connectivity index is 2.02. The third kappa shape index (κ3) is 2.14. The first kappa shape index (κ1) is 10.9. The van der Waals surface area contributed by atoms with Crippen LogP contribution >= 0.6 is 0 Å². The molecule has 0 unspecified atom stereocenters. The van der Waals surface area contributed by atoms with Gasteiger partial charge in [0.1, 0.15) is 5.56 Å². The SMILES string of the molecule is Cn1ncc(C(=O)O)c1CNC1CC=CC1. The Morgan fingerprint density at radius 2 is 2.31 bits per heavy atom. The van der Waals surface area contributed by atoms with Gasteiger partial charge >= 0.3 is 5.97 Å². The molecule has 1 aromatic heterocycles. The lowest BCUT2D eigenvalue weighted by Gasteiger charge is -2.12. The second-order valence-electron chi connectivity index (χ2n) is 3.95. The average Bonchev–Trinajstić information content (AvgIpc) is 2.84. The molecule has 0 fully saturated rings. The summed E-state index contributed by atoms with van der Waals surface area (Å²) in [6, 6.07) is 0.427. The van der Waals surface area contributed by atoms with Crippen LogP contribution in [-0.4, -0.2) is 26.9 Å². The van der Waals surface area contributed by atoms with E-state index >= 15 is 0 Å². The number of hydrogen-bond acceptors (Lipinski definition) is 3. The molecular formula is C11H15N3O2. The third-order valence-electron chi connectivity index (χ3n) is 2.86. The van der Waals surface area contributed by atoms with Crippen molar-refractivity contribution in [1.82, 2.24) is 15.1 Å². The first-order chi connectivity index (χ1) is 7.68. The number of aromatic carboxylic acids is 1. The maximum Gasteiger partial charge on any atom is 0.339 e. The summed E-state index contributed by atoms with van der Waals surface area (Å²) in [5.41, 5.74) is 1.00. The highest BCUT2D eigenvalue weighted by Crippen LogP contribution is 2.12. The second-order valence-corrected chi connectivity index (χ2v) is 3.95. The predicted octanol–water partition coefficient (Wildman–Crippen LogP) is 0.927. The van der Waals surface area contributed by atoms with Crippen LogP contribution in [0.5, 0.6) is 0 Å². The molecule has 0 atom stereocenters. The average molecular weight is 221 g/mol. The molecule has 1 aromatic rings. The largest absolute Gasteiger partial charge is 0.478 e. The predicted molar refractivity (Wildman–Crippen MR) is 59.2 cm³/mol. The molecule has 0 bridgehead atoms. The van der Waals surface area contributed by atoms with Crippen molar-refractivity contribution in [3.05, 3.63) is 29.6 Å². The summed E-state index contributed by atoms with van der Waals surface area (Å²) in [5, 5.41) is 16.3. The smallest absolute Gasteiger partial charge is 0.339 e. The van der Waals surface area contributed by atoms with Crippen molar-refractivity contribution in [2.75, 3.05) is 0 Å². The molecule has 5 heteroatoms. The molecule has 0 aromatic carbocycles. The molecule has 0 radical (unpaired) electrons. The lowest BCUT2D eigenvalue weighted by Crippen LogP contribution is -2.27. The van der Waals surface area contributed by atoms with Crippen LogP contribution in [0, 0.1) is 0 Å². The number of aryl methyl sites for hydroxylation is 1. The molecule has 0 aliphatic heterocycles. The van der Waals surface area contributed by atoms with Gasteiger partial charge in [0.2, 0.25) is 0 Å². The van der Waals surface area contributed by atoms with Gasteiger partial charge in [-0.3, -0.25) is 4.68 Å². The fourth-order valence-corrected chi connectivity index (χ4v) is 1.88. The fourth-order valence-electron chi connectivity index (χ4n) is 1.88. The molecule has 1 heterocycles. The van der Waals surface area contributed by atoms with Gasteiger partial charge in [-0.1, -0.05) is 12.2 Å². The Morgan fingerprint density at radius 1 is 1.62 bits per heavy atom. The maximum atomic E-state index is 10.9. The minimum absolute atomic E-state index is 0.279. The molecular weight excluding hydrogens is 206 g/mol. The van der Waals surface area contributed by atoms with Gasteiger partial charge in [-0.05, 0) is 12.8 Å². The number of aromatic nitrogens is 2. The highest BCUT2D eigenvalue weighted by Gasteiger charge is 2.16. The Bertz CT molecular complexity index is 415. The number of hydrogen-bond donors (Lipinski definition) is 2. The van der Waals surface area contributed by atoms with Crippen LogP contribution in [0.4, 0.5) is 0 Å². The van der Waals surface area contributed by atoms with Gasteiger partial charge in [0.15, 0.2) is 0 Å². The molecule has 0 saturated carbocycles. The van der Waals surface area contributed by atoms with E-state index in [1.165, 1.54) is 6.20 Å². The zero-order valence-corrected chi connectivity index (χ0v) is 9.18. The molecule has 0 saturated heterocycles. The van der Waals surface area contributed by atoms with E-state index in [-0.39, 0.29) is 5.56 Å². The summed E-state index contributed by atoms with van der Waals surface area (Å²) >= 11 is 0. The minimum Gasteiger partial charge on any atom is -0.478 e. The molecule has 2 rings (SSSR count). The van der Waals surface area contributed by atoms with Crippen molar-refractivity contribution >= 4 is 5.97 Å². The zero-order chi connectivity index (χ0) is 11.5. The van der Waals surface area contributed by atoms with E-state index in [1.54, 1.807) is 11.7 Å². The molecule has 0 spiro atoms. The van der Waals surface area contributed by atoms with Crippen LogP contribution < -0.4 is 5.32 Å². The number of nitrogens with one attached hydrogen (secondary N) is 1. The van der Waals surface area contributed by atoms with Crippen molar-refractivity contribution in [1.29, 1.82) is 0 Å². The normalized spacial score (nSPS) is 15.8. The van der Waals surface area contributed by atoms with Gasteiger partial charge < -0.3 is 10.4 Å². The summed E-state index contributed by atoms with van der Waals surface area (Å²) in [6.45, 7) is 0.546. The Hall–Kier alpha value is -1.62. The first-order valence-corrected chi connectivity index (χ1v) is 5.31. The highest BCUT2D eigenvalue weighted by atomic mass is 16.4. The molecule has 2 N–H and O–H groups in total. The van der Waals surface area contributed by atoms with Crippen LogP contribution in [0.15, 0.2) is 18.3 Å². The highest BCUT2D eigenvalue weighted by molar-refractivity contribution is 5.88. The van der Waals surface area contributed by atoms with Crippen LogP contribution in [0.1, 0.15) is 28.9 Å². The van der Waals surface area contributed by atoms with Crippen molar-refractivity contribution < 1.29 is 9.90 Å². The maximum absolute atomic E-state index is 10.9. The zero-order valence-electron chi connectivity index (χ0n) is 9.18. The fraction of sp³-hybridized carbons (Fsp3) is 0.455.